The molecule has 0 radical (unpaired) electrons. The van der Waals surface area contributed by atoms with E-state index in [1.807, 2.05) is 67.6 Å². The number of aromatic nitrogens is 3. The van der Waals surface area contributed by atoms with Crippen LogP contribution in [0.5, 0.6) is 0 Å². The minimum atomic E-state index is -3.85. The number of pyridine rings is 1. The van der Waals surface area contributed by atoms with E-state index in [0.717, 1.165) is 0 Å². The summed E-state index contributed by atoms with van der Waals surface area (Å²) in [5.74, 6) is 0.272. The van der Waals surface area contributed by atoms with Crippen LogP contribution in [0.15, 0.2) is 94.7 Å². The Balaban J connectivity index is 1.72. The molecule has 0 fully saturated rings. The van der Waals surface area contributed by atoms with Gasteiger partial charge in [-0.3, -0.25) is 9.36 Å². The highest BCUT2D eigenvalue weighted by Crippen LogP contribution is 2.31. The van der Waals surface area contributed by atoms with Gasteiger partial charge >= 0.3 is 0 Å². The number of hydrogen-bond acceptors (Lipinski definition) is 8. The second-order valence-corrected chi connectivity index (χ2v) is 10.4. The van der Waals surface area contributed by atoms with Gasteiger partial charge in [0, 0.05) is 11.4 Å². The first-order valence-corrected chi connectivity index (χ1v) is 13.4. The lowest BCUT2D eigenvalue weighted by Gasteiger charge is -2.22. The summed E-state index contributed by atoms with van der Waals surface area (Å²) in [5, 5.41) is 19.1. The van der Waals surface area contributed by atoms with Gasteiger partial charge in [-0.25, -0.2) is 18.5 Å². The summed E-state index contributed by atoms with van der Waals surface area (Å²) < 4.78 is 25.1. The molecule has 39 heavy (non-hydrogen) atoms. The number of nitrogens with two attached hydrogens (primary N) is 2. The van der Waals surface area contributed by atoms with Crippen LogP contribution >= 0.6 is 0 Å². The molecule has 10 nitrogen and oxygen atoms in total. The minimum Gasteiger partial charge on any atom is -0.368 e. The monoisotopic (exact) mass is 537 g/mol. The molecule has 0 aliphatic rings. The molecule has 5 aromatic rings. The SMILES string of the molecule is CC(Nc1nc(N)ncc1C#N)c1cc2cccc(-c3ccc(S(N)(=O)=O)cc3)c2c(=O)n1-c1ccccc1. The molecule has 0 saturated carbocycles. The van der Waals surface area contributed by atoms with Crippen LogP contribution in [0.3, 0.4) is 0 Å². The van der Waals surface area contributed by atoms with E-state index in [1.54, 1.807) is 16.7 Å². The highest BCUT2D eigenvalue weighted by atomic mass is 32.2. The number of nitrogens with one attached hydrogen (secondary N) is 1. The van der Waals surface area contributed by atoms with Crippen molar-refractivity contribution in [1.29, 1.82) is 5.26 Å². The van der Waals surface area contributed by atoms with Gasteiger partial charge in [-0.15, -0.1) is 0 Å². The van der Waals surface area contributed by atoms with Crippen LogP contribution in [0.1, 0.15) is 24.2 Å². The van der Waals surface area contributed by atoms with Crippen molar-refractivity contribution in [3.05, 3.63) is 107 Å². The van der Waals surface area contributed by atoms with Crippen molar-refractivity contribution in [3.63, 3.8) is 0 Å². The Kier molecular flexibility index (Phi) is 6.57. The minimum absolute atomic E-state index is 0.0146. The van der Waals surface area contributed by atoms with Crippen LogP contribution in [0, 0.1) is 11.3 Å². The maximum absolute atomic E-state index is 14.2. The Morgan fingerprint density at radius 2 is 1.74 bits per heavy atom. The average Bonchev–Trinajstić information content (AvgIpc) is 2.93. The number of rotatable bonds is 6. The molecule has 11 heteroatoms. The van der Waals surface area contributed by atoms with Crippen LogP contribution in [0.2, 0.25) is 0 Å². The molecule has 3 aromatic carbocycles. The Morgan fingerprint density at radius 1 is 1.03 bits per heavy atom. The molecule has 0 bridgehead atoms. The van der Waals surface area contributed by atoms with Crippen molar-refractivity contribution in [2.24, 2.45) is 5.14 Å². The fourth-order valence-corrected chi connectivity index (χ4v) is 4.99. The molecular formula is C28H23N7O3S. The molecular weight excluding hydrogens is 514 g/mol. The van der Waals surface area contributed by atoms with Crippen molar-refractivity contribution in [2.45, 2.75) is 17.9 Å². The van der Waals surface area contributed by atoms with Crippen molar-refractivity contribution in [2.75, 3.05) is 11.1 Å². The molecule has 0 aliphatic heterocycles. The molecule has 5 rings (SSSR count). The zero-order valence-electron chi connectivity index (χ0n) is 20.7. The lowest BCUT2D eigenvalue weighted by molar-refractivity contribution is 0.598. The van der Waals surface area contributed by atoms with Gasteiger partial charge < -0.3 is 11.1 Å². The molecule has 0 spiro atoms. The average molecular weight is 538 g/mol. The first-order chi connectivity index (χ1) is 18.7. The van der Waals surface area contributed by atoms with E-state index in [9.17, 15) is 18.5 Å². The van der Waals surface area contributed by atoms with Gasteiger partial charge in [0.25, 0.3) is 5.56 Å². The quantitative estimate of drug-likeness (QED) is 0.294. The number of para-hydroxylation sites is 1. The molecule has 0 aliphatic carbocycles. The topological polar surface area (TPSA) is 170 Å². The van der Waals surface area contributed by atoms with E-state index in [2.05, 4.69) is 15.3 Å². The number of nitrogens with zero attached hydrogens (tertiary/aromatic N) is 4. The summed E-state index contributed by atoms with van der Waals surface area (Å²) in [4.78, 5) is 22.3. The van der Waals surface area contributed by atoms with Crippen LogP contribution in [-0.2, 0) is 10.0 Å². The third-order valence-electron chi connectivity index (χ3n) is 6.31. The Hall–Kier alpha value is -5.05. The van der Waals surface area contributed by atoms with E-state index >= 15 is 0 Å². The number of primary sulfonamides is 1. The van der Waals surface area contributed by atoms with Crippen molar-refractivity contribution in [1.82, 2.24) is 14.5 Å². The smallest absolute Gasteiger partial charge is 0.263 e. The number of benzene rings is 3. The van der Waals surface area contributed by atoms with Crippen molar-refractivity contribution in [3.8, 4) is 22.9 Å². The molecule has 0 amide bonds. The second-order valence-electron chi connectivity index (χ2n) is 8.85. The van der Waals surface area contributed by atoms with Crippen molar-refractivity contribution >= 4 is 32.6 Å². The number of sulfonamides is 1. The molecule has 1 atom stereocenters. The molecule has 2 aromatic heterocycles. The summed E-state index contributed by atoms with van der Waals surface area (Å²) in [6, 6.07) is 24.2. The Labute approximate surface area is 224 Å². The maximum atomic E-state index is 14.2. The summed E-state index contributed by atoms with van der Waals surface area (Å²) in [6.07, 6.45) is 1.34. The third-order valence-corrected chi connectivity index (χ3v) is 7.24. The van der Waals surface area contributed by atoms with Crippen molar-refractivity contribution < 1.29 is 8.42 Å². The van der Waals surface area contributed by atoms with Gasteiger partial charge in [0.15, 0.2) is 0 Å². The zero-order valence-corrected chi connectivity index (χ0v) is 21.6. The normalized spacial score (nSPS) is 12.1. The standard InChI is InChI=1S/C28H23N7O3S/c1-17(33-26-20(15-29)16-32-28(30)34-26)24-14-19-6-5-9-23(18-10-12-22(13-11-18)39(31,37)38)25(19)27(36)35(24)21-7-3-2-4-8-21/h2-14,16-17H,1H3,(H2,31,37,38)(H3,30,32,33,34). The van der Waals surface area contributed by atoms with Gasteiger partial charge in [0.05, 0.1) is 22.5 Å². The summed E-state index contributed by atoms with van der Waals surface area (Å²) in [5.41, 5.74) is 8.29. The van der Waals surface area contributed by atoms with E-state index in [1.165, 1.54) is 18.3 Å². The Bertz CT molecular complexity index is 1910. The zero-order chi connectivity index (χ0) is 27.7. The first kappa shape index (κ1) is 25.6. The molecule has 0 saturated heterocycles. The van der Waals surface area contributed by atoms with Gasteiger partial charge in [0.1, 0.15) is 17.5 Å². The van der Waals surface area contributed by atoms with Gasteiger partial charge in [-0.1, -0.05) is 48.5 Å². The largest absolute Gasteiger partial charge is 0.368 e. The third kappa shape index (κ3) is 4.94. The van der Waals surface area contributed by atoms with Gasteiger partial charge in [-0.05, 0) is 53.8 Å². The Morgan fingerprint density at radius 3 is 2.41 bits per heavy atom. The molecule has 194 valence electrons. The summed E-state index contributed by atoms with van der Waals surface area (Å²) in [7, 11) is -3.85. The summed E-state index contributed by atoms with van der Waals surface area (Å²) >= 11 is 0. The number of fused-ring (bicyclic) bond motifs is 1. The van der Waals surface area contributed by atoms with Gasteiger partial charge in [0.2, 0.25) is 16.0 Å². The molecule has 5 N–H and O–H groups in total. The predicted octanol–water partition coefficient (Wildman–Crippen LogP) is 3.72. The summed E-state index contributed by atoms with van der Waals surface area (Å²) in [6.45, 7) is 1.86. The highest BCUT2D eigenvalue weighted by molar-refractivity contribution is 7.89. The second kappa shape index (κ2) is 10.0. The number of nitrogen functional groups attached to an aromatic ring is 1. The van der Waals surface area contributed by atoms with E-state index in [0.29, 0.717) is 33.3 Å². The van der Waals surface area contributed by atoms with Crippen LogP contribution < -0.4 is 21.7 Å². The number of nitriles is 1. The van der Waals surface area contributed by atoms with E-state index in [4.69, 9.17) is 10.9 Å². The van der Waals surface area contributed by atoms with E-state index < -0.39 is 16.1 Å². The lowest BCUT2D eigenvalue weighted by Crippen LogP contribution is -2.26. The fourth-order valence-electron chi connectivity index (χ4n) is 4.48. The van der Waals surface area contributed by atoms with Crippen LogP contribution in [-0.4, -0.2) is 23.0 Å². The lowest BCUT2D eigenvalue weighted by atomic mass is 9.98. The fraction of sp³-hybridized carbons (Fsp3) is 0.0714. The molecule has 2 heterocycles. The molecule has 1 unspecified atom stereocenters. The van der Waals surface area contributed by atoms with Gasteiger partial charge in [-0.2, -0.15) is 10.2 Å². The van der Waals surface area contributed by atoms with Crippen LogP contribution in [0.4, 0.5) is 11.8 Å². The number of hydrogen-bond donors (Lipinski definition) is 3. The first-order valence-electron chi connectivity index (χ1n) is 11.8. The van der Waals surface area contributed by atoms with Crippen LogP contribution in [0.25, 0.3) is 27.6 Å². The highest BCUT2D eigenvalue weighted by Gasteiger charge is 2.20. The van der Waals surface area contributed by atoms with E-state index in [-0.39, 0.29) is 27.8 Å². The maximum Gasteiger partial charge on any atom is 0.263 e. The predicted molar refractivity (Wildman–Crippen MR) is 150 cm³/mol. The number of anilines is 2.